The summed E-state index contributed by atoms with van der Waals surface area (Å²) < 4.78 is 13.6. The van der Waals surface area contributed by atoms with Crippen LogP contribution in [0.4, 0.5) is 15.8 Å². The van der Waals surface area contributed by atoms with E-state index in [4.69, 9.17) is 17.3 Å². The van der Waals surface area contributed by atoms with Gasteiger partial charge in [0.15, 0.2) is 0 Å². The molecule has 0 saturated carbocycles. The minimum Gasteiger partial charge on any atom is -0.398 e. The summed E-state index contributed by atoms with van der Waals surface area (Å²) in [6.07, 6.45) is 0. The molecule has 2 rings (SSSR count). The monoisotopic (exact) mass is 264 g/mol. The van der Waals surface area contributed by atoms with Gasteiger partial charge in [-0.2, -0.15) is 0 Å². The lowest BCUT2D eigenvalue weighted by Crippen LogP contribution is -2.17. The largest absolute Gasteiger partial charge is 0.398 e. The lowest BCUT2D eigenvalue weighted by molar-refractivity contribution is 0.622. The van der Waals surface area contributed by atoms with Crippen molar-refractivity contribution in [3.8, 4) is 0 Å². The zero-order valence-corrected chi connectivity index (χ0v) is 10.8. The summed E-state index contributed by atoms with van der Waals surface area (Å²) in [4.78, 5) is 1.83. The lowest BCUT2D eigenvalue weighted by atomic mass is 10.2. The van der Waals surface area contributed by atoms with Gasteiger partial charge < -0.3 is 10.6 Å². The summed E-state index contributed by atoms with van der Waals surface area (Å²) in [6, 6.07) is 12.1. The Morgan fingerprint density at radius 3 is 2.61 bits per heavy atom. The fraction of sp³-hybridized carbons (Fsp3) is 0.143. The molecule has 2 aromatic carbocycles. The molecule has 0 unspecified atom stereocenters. The summed E-state index contributed by atoms with van der Waals surface area (Å²) >= 11 is 5.86. The second-order valence-electron chi connectivity index (χ2n) is 4.16. The van der Waals surface area contributed by atoms with E-state index in [1.54, 1.807) is 24.3 Å². The summed E-state index contributed by atoms with van der Waals surface area (Å²) in [5.74, 6) is -0.234. The van der Waals surface area contributed by atoms with Crippen molar-refractivity contribution in [2.75, 3.05) is 17.7 Å². The van der Waals surface area contributed by atoms with Gasteiger partial charge in [-0.3, -0.25) is 0 Å². The second kappa shape index (κ2) is 5.27. The van der Waals surface area contributed by atoms with E-state index in [1.165, 1.54) is 6.07 Å². The van der Waals surface area contributed by atoms with Crippen molar-refractivity contribution >= 4 is 23.0 Å². The molecule has 18 heavy (non-hydrogen) atoms. The molecule has 0 aliphatic heterocycles. The summed E-state index contributed by atoms with van der Waals surface area (Å²) in [5.41, 5.74) is 7.83. The molecule has 0 amide bonds. The van der Waals surface area contributed by atoms with Crippen LogP contribution in [0.15, 0.2) is 42.5 Å². The van der Waals surface area contributed by atoms with Gasteiger partial charge in [-0.1, -0.05) is 29.8 Å². The standard InChI is InChI=1S/C14H14ClFN2/c1-18(14-5-3-2-4-12(14)16)9-10-6-7-11(15)13(17)8-10/h2-8H,9,17H2,1H3. The maximum atomic E-state index is 13.6. The highest BCUT2D eigenvalue weighted by molar-refractivity contribution is 6.33. The first-order valence-electron chi connectivity index (χ1n) is 5.57. The van der Waals surface area contributed by atoms with Crippen molar-refractivity contribution < 1.29 is 4.39 Å². The molecule has 0 saturated heterocycles. The molecule has 0 aromatic heterocycles. The van der Waals surface area contributed by atoms with Crippen LogP contribution in [0.5, 0.6) is 0 Å². The van der Waals surface area contributed by atoms with Crippen LogP contribution >= 0.6 is 11.6 Å². The van der Waals surface area contributed by atoms with E-state index >= 15 is 0 Å². The van der Waals surface area contributed by atoms with Gasteiger partial charge in [0.2, 0.25) is 0 Å². The fourth-order valence-corrected chi connectivity index (χ4v) is 1.93. The molecule has 2 nitrogen and oxygen atoms in total. The molecule has 0 aliphatic carbocycles. The van der Waals surface area contributed by atoms with Crippen LogP contribution in [0, 0.1) is 5.82 Å². The van der Waals surface area contributed by atoms with Crippen LogP contribution in [0.25, 0.3) is 0 Å². The molecule has 0 fully saturated rings. The minimum atomic E-state index is -0.234. The van der Waals surface area contributed by atoms with Gasteiger partial charge >= 0.3 is 0 Å². The summed E-state index contributed by atoms with van der Waals surface area (Å²) in [7, 11) is 1.84. The van der Waals surface area contributed by atoms with Crippen molar-refractivity contribution in [2.45, 2.75) is 6.54 Å². The smallest absolute Gasteiger partial charge is 0.146 e. The Balaban J connectivity index is 2.19. The predicted molar refractivity (Wildman–Crippen MR) is 74.4 cm³/mol. The third-order valence-corrected chi connectivity index (χ3v) is 3.09. The molecule has 2 aromatic rings. The maximum Gasteiger partial charge on any atom is 0.146 e. The Bertz CT molecular complexity index is 557. The number of benzene rings is 2. The molecule has 0 spiro atoms. The minimum absolute atomic E-state index is 0.234. The first-order chi connectivity index (χ1) is 8.58. The van der Waals surface area contributed by atoms with Crippen LogP contribution in [0.1, 0.15) is 5.56 Å². The first-order valence-corrected chi connectivity index (χ1v) is 5.95. The Hall–Kier alpha value is -1.74. The molecule has 94 valence electrons. The average molecular weight is 265 g/mol. The van der Waals surface area contributed by atoms with E-state index in [0.29, 0.717) is 22.9 Å². The van der Waals surface area contributed by atoms with Crippen LogP contribution in [0.3, 0.4) is 0 Å². The number of para-hydroxylation sites is 1. The number of nitrogens with zero attached hydrogens (tertiary/aromatic N) is 1. The highest BCUT2D eigenvalue weighted by atomic mass is 35.5. The van der Waals surface area contributed by atoms with Crippen LogP contribution in [0.2, 0.25) is 5.02 Å². The molecule has 4 heteroatoms. The Labute approximate surface area is 111 Å². The van der Waals surface area contributed by atoms with E-state index < -0.39 is 0 Å². The summed E-state index contributed by atoms with van der Waals surface area (Å²) in [6.45, 7) is 0.572. The van der Waals surface area contributed by atoms with E-state index in [1.807, 2.05) is 24.1 Å². The zero-order chi connectivity index (χ0) is 13.1. The van der Waals surface area contributed by atoms with E-state index in [2.05, 4.69) is 0 Å². The first kappa shape index (κ1) is 12.7. The van der Waals surface area contributed by atoms with Crippen molar-refractivity contribution in [1.29, 1.82) is 0 Å². The van der Waals surface area contributed by atoms with Gasteiger partial charge in [0.1, 0.15) is 5.82 Å². The highest BCUT2D eigenvalue weighted by Gasteiger charge is 2.07. The van der Waals surface area contributed by atoms with Gasteiger partial charge in [0.25, 0.3) is 0 Å². The van der Waals surface area contributed by atoms with Gasteiger partial charge in [-0.25, -0.2) is 4.39 Å². The van der Waals surface area contributed by atoms with Crippen molar-refractivity contribution in [2.24, 2.45) is 0 Å². The number of hydrogen-bond donors (Lipinski definition) is 1. The molecule has 0 atom stereocenters. The SMILES string of the molecule is CN(Cc1ccc(Cl)c(N)c1)c1ccccc1F. The molecular formula is C14H14ClFN2. The van der Waals surface area contributed by atoms with E-state index in [9.17, 15) is 4.39 Å². The Kier molecular flexibility index (Phi) is 3.72. The Morgan fingerprint density at radius 2 is 1.94 bits per heavy atom. The second-order valence-corrected chi connectivity index (χ2v) is 4.57. The topological polar surface area (TPSA) is 29.3 Å². The van der Waals surface area contributed by atoms with Gasteiger partial charge in [0.05, 0.1) is 16.4 Å². The third kappa shape index (κ3) is 2.74. The normalized spacial score (nSPS) is 10.4. The van der Waals surface area contributed by atoms with Crippen LogP contribution in [-0.4, -0.2) is 7.05 Å². The molecular weight excluding hydrogens is 251 g/mol. The fourth-order valence-electron chi connectivity index (χ4n) is 1.81. The molecule has 0 radical (unpaired) electrons. The number of nitrogens with two attached hydrogens (primary N) is 1. The number of nitrogen functional groups attached to an aromatic ring is 1. The number of anilines is 2. The predicted octanol–water partition coefficient (Wildman–Crippen LogP) is 3.70. The quantitative estimate of drug-likeness (QED) is 0.857. The van der Waals surface area contributed by atoms with Crippen LogP contribution < -0.4 is 10.6 Å². The molecule has 2 N–H and O–H groups in total. The highest BCUT2D eigenvalue weighted by Crippen LogP contribution is 2.23. The number of halogens is 2. The Morgan fingerprint density at radius 1 is 1.22 bits per heavy atom. The summed E-state index contributed by atoms with van der Waals surface area (Å²) in [5, 5.41) is 0.535. The van der Waals surface area contributed by atoms with Crippen molar-refractivity contribution in [3.63, 3.8) is 0 Å². The van der Waals surface area contributed by atoms with Crippen LogP contribution in [-0.2, 0) is 6.54 Å². The van der Waals surface area contributed by atoms with E-state index in [0.717, 1.165) is 5.56 Å². The third-order valence-electron chi connectivity index (χ3n) is 2.74. The lowest BCUT2D eigenvalue weighted by Gasteiger charge is -2.20. The number of rotatable bonds is 3. The van der Waals surface area contributed by atoms with Crippen molar-refractivity contribution in [3.05, 3.63) is 58.9 Å². The van der Waals surface area contributed by atoms with Gasteiger partial charge in [-0.05, 0) is 29.8 Å². The van der Waals surface area contributed by atoms with Gasteiger partial charge in [0, 0.05) is 13.6 Å². The van der Waals surface area contributed by atoms with Gasteiger partial charge in [-0.15, -0.1) is 0 Å². The average Bonchev–Trinajstić information content (AvgIpc) is 2.34. The zero-order valence-electron chi connectivity index (χ0n) is 10.0. The van der Waals surface area contributed by atoms with E-state index in [-0.39, 0.29) is 5.82 Å². The number of hydrogen-bond acceptors (Lipinski definition) is 2. The molecule has 0 aliphatic rings. The molecule has 0 heterocycles. The van der Waals surface area contributed by atoms with Crippen molar-refractivity contribution in [1.82, 2.24) is 0 Å². The maximum absolute atomic E-state index is 13.6. The molecule has 0 bridgehead atoms.